The minimum Gasteiger partial charge on any atom is -0.323 e. The van der Waals surface area contributed by atoms with Crippen molar-refractivity contribution in [2.45, 2.75) is 19.9 Å². The Morgan fingerprint density at radius 3 is 2.71 bits per heavy atom. The number of hydrogen-bond donors (Lipinski definition) is 1. The smallest absolute Gasteiger partial charge is 0.275 e. The van der Waals surface area contributed by atoms with Crippen molar-refractivity contribution in [1.82, 2.24) is 9.78 Å². The monoisotopic (exact) mass is 341 g/mol. The lowest BCUT2D eigenvalue weighted by atomic mass is 10.2. The SMILES string of the molecule is Cc1cccc(Cl)c1NC(=O)C(C)n1ncc2ccccc2c1=O. The van der Waals surface area contributed by atoms with Gasteiger partial charge in [-0.25, -0.2) is 4.68 Å². The Hall–Kier alpha value is -2.66. The summed E-state index contributed by atoms with van der Waals surface area (Å²) in [7, 11) is 0. The summed E-state index contributed by atoms with van der Waals surface area (Å²) in [6.45, 7) is 3.48. The number of nitrogens with one attached hydrogen (secondary N) is 1. The fourth-order valence-electron chi connectivity index (χ4n) is 2.51. The number of halogens is 1. The van der Waals surface area contributed by atoms with Gasteiger partial charge in [0.15, 0.2) is 0 Å². The molecular weight excluding hydrogens is 326 g/mol. The van der Waals surface area contributed by atoms with E-state index in [9.17, 15) is 9.59 Å². The van der Waals surface area contributed by atoms with Crippen molar-refractivity contribution in [1.29, 1.82) is 0 Å². The zero-order valence-electron chi connectivity index (χ0n) is 13.3. The zero-order valence-corrected chi connectivity index (χ0v) is 14.0. The van der Waals surface area contributed by atoms with Crippen LogP contribution in [0.5, 0.6) is 0 Å². The molecular formula is C18H16ClN3O2. The zero-order chi connectivity index (χ0) is 17.3. The summed E-state index contributed by atoms with van der Waals surface area (Å²) in [5, 5.41) is 8.63. The number of benzene rings is 2. The van der Waals surface area contributed by atoms with Crippen LogP contribution < -0.4 is 10.9 Å². The van der Waals surface area contributed by atoms with Crippen LogP contribution in [-0.4, -0.2) is 15.7 Å². The second-order valence-electron chi connectivity index (χ2n) is 5.58. The van der Waals surface area contributed by atoms with Gasteiger partial charge in [-0.05, 0) is 31.5 Å². The van der Waals surface area contributed by atoms with E-state index in [0.717, 1.165) is 10.9 Å². The largest absolute Gasteiger partial charge is 0.323 e. The number of hydrogen-bond acceptors (Lipinski definition) is 3. The number of aromatic nitrogens is 2. The minimum atomic E-state index is -0.766. The van der Waals surface area contributed by atoms with Gasteiger partial charge in [-0.3, -0.25) is 9.59 Å². The highest BCUT2D eigenvalue weighted by atomic mass is 35.5. The van der Waals surface area contributed by atoms with E-state index in [4.69, 9.17) is 11.6 Å². The lowest BCUT2D eigenvalue weighted by Crippen LogP contribution is -2.33. The molecule has 1 aromatic heterocycles. The highest BCUT2D eigenvalue weighted by Gasteiger charge is 2.20. The van der Waals surface area contributed by atoms with Crippen LogP contribution in [0.3, 0.4) is 0 Å². The molecule has 122 valence electrons. The summed E-state index contributed by atoms with van der Waals surface area (Å²) in [6.07, 6.45) is 1.58. The van der Waals surface area contributed by atoms with Crippen molar-refractivity contribution < 1.29 is 4.79 Å². The molecule has 0 aliphatic rings. The van der Waals surface area contributed by atoms with Gasteiger partial charge in [0, 0.05) is 5.39 Å². The molecule has 1 atom stereocenters. The van der Waals surface area contributed by atoms with E-state index in [1.54, 1.807) is 31.3 Å². The van der Waals surface area contributed by atoms with Crippen LogP contribution in [0.25, 0.3) is 10.8 Å². The Labute approximate surface area is 143 Å². The number of anilines is 1. The summed E-state index contributed by atoms with van der Waals surface area (Å²) in [5.41, 5.74) is 1.10. The Morgan fingerprint density at radius 1 is 1.21 bits per heavy atom. The van der Waals surface area contributed by atoms with Gasteiger partial charge in [-0.1, -0.05) is 41.9 Å². The topological polar surface area (TPSA) is 64.0 Å². The van der Waals surface area contributed by atoms with Crippen LogP contribution in [-0.2, 0) is 4.79 Å². The first-order chi connectivity index (χ1) is 11.5. The lowest BCUT2D eigenvalue weighted by molar-refractivity contribution is -0.119. The standard InChI is InChI=1S/C18H16ClN3O2/c1-11-6-5-9-15(19)16(11)21-17(23)12(2)22-18(24)14-8-4-3-7-13(14)10-20-22/h3-10,12H,1-2H3,(H,21,23). The maximum absolute atomic E-state index is 12.6. The molecule has 0 bridgehead atoms. The molecule has 0 aliphatic heterocycles. The van der Waals surface area contributed by atoms with E-state index in [1.165, 1.54) is 4.68 Å². The molecule has 24 heavy (non-hydrogen) atoms. The van der Waals surface area contributed by atoms with E-state index in [1.807, 2.05) is 31.2 Å². The molecule has 0 saturated carbocycles. The fraction of sp³-hybridized carbons (Fsp3) is 0.167. The quantitative estimate of drug-likeness (QED) is 0.792. The molecule has 0 spiro atoms. The summed E-state index contributed by atoms with van der Waals surface area (Å²) in [4.78, 5) is 25.1. The molecule has 6 heteroatoms. The van der Waals surface area contributed by atoms with E-state index < -0.39 is 6.04 Å². The number of carbonyl (C=O) groups is 1. The second-order valence-corrected chi connectivity index (χ2v) is 5.99. The van der Waals surface area contributed by atoms with Crippen molar-refractivity contribution in [2.24, 2.45) is 0 Å². The van der Waals surface area contributed by atoms with Crippen molar-refractivity contribution >= 4 is 34.0 Å². The average molecular weight is 342 g/mol. The van der Waals surface area contributed by atoms with Crippen molar-refractivity contribution in [3.8, 4) is 0 Å². The van der Waals surface area contributed by atoms with E-state index >= 15 is 0 Å². The van der Waals surface area contributed by atoms with Crippen molar-refractivity contribution in [3.05, 3.63) is 69.6 Å². The van der Waals surface area contributed by atoms with E-state index in [2.05, 4.69) is 10.4 Å². The molecule has 3 aromatic rings. The predicted octanol–water partition coefficient (Wildman–Crippen LogP) is 3.56. The second kappa shape index (κ2) is 6.45. The van der Waals surface area contributed by atoms with Crippen molar-refractivity contribution in [3.63, 3.8) is 0 Å². The molecule has 0 saturated heterocycles. The van der Waals surface area contributed by atoms with Crippen LogP contribution in [0.4, 0.5) is 5.69 Å². The molecule has 3 rings (SSSR count). The van der Waals surface area contributed by atoms with Gasteiger partial charge in [0.1, 0.15) is 6.04 Å². The van der Waals surface area contributed by atoms with Gasteiger partial charge >= 0.3 is 0 Å². The van der Waals surface area contributed by atoms with E-state index in [0.29, 0.717) is 16.1 Å². The molecule has 5 nitrogen and oxygen atoms in total. The maximum atomic E-state index is 12.6. The number of para-hydroxylation sites is 1. The summed E-state index contributed by atoms with van der Waals surface area (Å²) in [6, 6.07) is 11.8. The Bertz CT molecular complexity index is 961. The molecule has 1 amide bonds. The number of rotatable bonds is 3. The number of fused-ring (bicyclic) bond motifs is 1. The minimum absolute atomic E-state index is 0.299. The third-order valence-electron chi connectivity index (χ3n) is 3.94. The van der Waals surface area contributed by atoms with E-state index in [-0.39, 0.29) is 11.5 Å². The van der Waals surface area contributed by atoms with Gasteiger partial charge in [0.2, 0.25) is 5.91 Å². The molecule has 0 aliphatic carbocycles. The first-order valence-electron chi connectivity index (χ1n) is 7.51. The lowest BCUT2D eigenvalue weighted by Gasteiger charge is -2.16. The highest BCUT2D eigenvalue weighted by molar-refractivity contribution is 6.34. The fourth-order valence-corrected chi connectivity index (χ4v) is 2.78. The van der Waals surface area contributed by atoms with Gasteiger partial charge in [0.05, 0.1) is 22.3 Å². The number of amides is 1. The van der Waals surface area contributed by atoms with Gasteiger partial charge in [0.25, 0.3) is 5.56 Å². The highest BCUT2D eigenvalue weighted by Crippen LogP contribution is 2.26. The van der Waals surface area contributed by atoms with Gasteiger partial charge < -0.3 is 5.32 Å². The molecule has 0 radical (unpaired) electrons. The number of carbonyl (C=O) groups excluding carboxylic acids is 1. The first kappa shape index (κ1) is 16.2. The average Bonchev–Trinajstić information content (AvgIpc) is 2.58. The third kappa shape index (κ3) is 2.90. The number of aryl methyl sites for hydroxylation is 1. The predicted molar refractivity (Wildman–Crippen MR) is 95.5 cm³/mol. The van der Waals surface area contributed by atoms with Gasteiger partial charge in [-0.2, -0.15) is 5.10 Å². The molecule has 0 fully saturated rings. The molecule has 1 N–H and O–H groups in total. The van der Waals surface area contributed by atoms with Crippen LogP contribution in [0.2, 0.25) is 5.02 Å². The maximum Gasteiger partial charge on any atom is 0.275 e. The van der Waals surface area contributed by atoms with Crippen LogP contribution in [0.15, 0.2) is 53.5 Å². The third-order valence-corrected chi connectivity index (χ3v) is 4.25. The van der Waals surface area contributed by atoms with Gasteiger partial charge in [-0.15, -0.1) is 0 Å². The van der Waals surface area contributed by atoms with Crippen LogP contribution in [0, 0.1) is 6.92 Å². The molecule has 1 unspecified atom stereocenters. The number of nitrogens with zero attached hydrogens (tertiary/aromatic N) is 2. The summed E-state index contributed by atoms with van der Waals surface area (Å²) >= 11 is 6.13. The first-order valence-corrected chi connectivity index (χ1v) is 7.89. The normalized spacial score (nSPS) is 12.1. The van der Waals surface area contributed by atoms with Crippen molar-refractivity contribution in [2.75, 3.05) is 5.32 Å². The molecule has 2 aromatic carbocycles. The van der Waals surface area contributed by atoms with Crippen LogP contribution in [0.1, 0.15) is 18.5 Å². The Kier molecular flexibility index (Phi) is 4.36. The van der Waals surface area contributed by atoms with Crippen LogP contribution >= 0.6 is 11.6 Å². The summed E-state index contributed by atoms with van der Waals surface area (Å²) in [5.74, 6) is -0.351. The summed E-state index contributed by atoms with van der Waals surface area (Å²) < 4.78 is 1.18. The molecule has 1 heterocycles. The Balaban J connectivity index is 1.94. The Morgan fingerprint density at radius 2 is 1.96 bits per heavy atom.